The van der Waals surface area contributed by atoms with Gasteiger partial charge in [0.05, 0.1) is 16.5 Å². The number of hydrogen-bond donors (Lipinski definition) is 2. The maximum atomic E-state index is 12.8. The van der Waals surface area contributed by atoms with E-state index in [0.29, 0.717) is 10.9 Å². The third-order valence-corrected chi connectivity index (χ3v) is 4.47. The number of fused-ring (bicyclic) bond motifs is 1. The summed E-state index contributed by atoms with van der Waals surface area (Å²) in [7, 11) is 0. The molecule has 0 saturated heterocycles. The standard InChI is InChI=1S/C19H21N3O4S/c1-19(2,3)26-18(24)21-14(11-12-7-6-10-25-12)16(23)22-17-20-13-8-4-5-9-15(13)27-17/h4-10,14H,11H2,1-3H3,(H,21,24)(H,20,22,23). The van der Waals surface area contributed by atoms with Gasteiger partial charge in [0.25, 0.3) is 0 Å². The van der Waals surface area contributed by atoms with Crippen molar-refractivity contribution in [2.24, 2.45) is 0 Å². The quantitative estimate of drug-likeness (QED) is 0.691. The number of para-hydroxylation sites is 1. The fraction of sp³-hybridized carbons (Fsp3) is 0.316. The van der Waals surface area contributed by atoms with Crippen LogP contribution in [0.3, 0.4) is 0 Å². The number of alkyl carbamates (subject to hydrolysis) is 1. The Bertz CT molecular complexity index is 895. The molecule has 0 aliphatic carbocycles. The average molecular weight is 387 g/mol. The summed E-state index contributed by atoms with van der Waals surface area (Å²) in [5.41, 5.74) is 0.142. The van der Waals surface area contributed by atoms with Crippen molar-refractivity contribution in [1.82, 2.24) is 10.3 Å². The van der Waals surface area contributed by atoms with Crippen LogP contribution in [0.4, 0.5) is 9.93 Å². The maximum absolute atomic E-state index is 12.8. The van der Waals surface area contributed by atoms with Crippen LogP contribution in [0.2, 0.25) is 0 Å². The van der Waals surface area contributed by atoms with Crippen LogP contribution in [0, 0.1) is 0 Å². The van der Waals surface area contributed by atoms with E-state index in [9.17, 15) is 9.59 Å². The number of hydrogen-bond acceptors (Lipinski definition) is 6. The van der Waals surface area contributed by atoms with Crippen molar-refractivity contribution in [2.75, 3.05) is 5.32 Å². The molecule has 8 heteroatoms. The molecule has 0 aliphatic rings. The zero-order valence-electron chi connectivity index (χ0n) is 15.3. The first-order chi connectivity index (χ1) is 12.8. The minimum atomic E-state index is -0.863. The number of rotatable bonds is 5. The third-order valence-electron chi connectivity index (χ3n) is 3.52. The van der Waals surface area contributed by atoms with Gasteiger partial charge in [0.15, 0.2) is 5.13 Å². The van der Waals surface area contributed by atoms with Crippen molar-refractivity contribution in [3.8, 4) is 0 Å². The molecular weight excluding hydrogens is 366 g/mol. The van der Waals surface area contributed by atoms with Crippen LogP contribution < -0.4 is 10.6 Å². The fourth-order valence-electron chi connectivity index (χ4n) is 2.41. The van der Waals surface area contributed by atoms with Crippen LogP contribution in [-0.4, -0.2) is 28.6 Å². The molecule has 0 fully saturated rings. The van der Waals surface area contributed by atoms with E-state index < -0.39 is 23.6 Å². The van der Waals surface area contributed by atoms with Gasteiger partial charge in [-0.05, 0) is 45.0 Å². The summed E-state index contributed by atoms with van der Waals surface area (Å²) in [5.74, 6) is 0.187. The fourth-order valence-corrected chi connectivity index (χ4v) is 3.28. The monoisotopic (exact) mass is 387 g/mol. The van der Waals surface area contributed by atoms with Crippen molar-refractivity contribution >= 4 is 38.7 Å². The highest BCUT2D eigenvalue weighted by Gasteiger charge is 2.26. The van der Waals surface area contributed by atoms with Gasteiger partial charge in [0.1, 0.15) is 17.4 Å². The normalized spacial score (nSPS) is 12.6. The SMILES string of the molecule is CC(C)(C)OC(=O)NC(Cc1ccco1)C(=O)Nc1nc2ccccc2s1. The second kappa shape index (κ2) is 7.79. The highest BCUT2D eigenvalue weighted by atomic mass is 32.1. The van der Waals surface area contributed by atoms with E-state index >= 15 is 0 Å². The number of anilines is 1. The van der Waals surface area contributed by atoms with Crippen LogP contribution in [0.15, 0.2) is 47.1 Å². The van der Waals surface area contributed by atoms with E-state index in [0.717, 1.165) is 10.2 Å². The predicted molar refractivity (Wildman–Crippen MR) is 104 cm³/mol. The zero-order valence-corrected chi connectivity index (χ0v) is 16.1. The van der Waals surface area contributed by atoms with E-state index in [4.69, 9.17) is 9.15 Å². The van der Waals surface area contributed by atoms with Crippen molar-refractivity contribution < 1.29 is 18.7 Å². The smallest absolute Gasteiger partial charge is 0.408 e. The molecule has 2 heterocycles. The van der Waals surface area contributed by atoms with E-state index in [1.807, 2.05) is 24.3 Å². The van der Waals surface area contributed by atoms with Gasteiger partial charge in [-0.1, -0.05) is 23.5 Å². The summed E-state index contributed by atoms with van der Waals surface area (Å²) in [5, 5.41) is 5.85. The molecule has 1 aromatic carbocycles. The Morgan fingerprint density at radius 3 is 2.67 bits per heavy atom. The Morgan fingerprint density at radius 1 is 1.22 bits per heavy atom. The summed E-state index contributed by atoms with van der Waals surface area (Å²) >= 11 is 1.37. The lowest BCUT2D eigenvalue weighted by atomic mass is 10.1. The number of amides is 2. The van der Waals surface area contributed by atoms with Gasteiger partial charge in [0, 0.05) is 6.42 Å². The summed E-state index contributed by atoms with van der Waals surface area (Å²) in [6.07, 6.45) is 1.05. The molecule has 7 nitrogen and oxygen atoms in total. The van der Waals surface area contributed by atoms with Gasteiger partial charge in [-0.15, -0.1) is 0 Å². The largest absolute Gasteiger partial charge is 0.469 e. The molecule has 2 N–H and O–H groups in total. The number of carbonyl (C=O) groups is 2. The molecule has 1 atom stereocenters. The molecule has 0 saturated carbocycles. The van der Waals surface area contributed by atoms with Crippen LogP contribution in [-0.2, 0) is 16.0 Å². The lowest BCUT2D eigenvalue weighted by Crippen LogP contribution is -2.47. The van der Waals surface area contributed by atoms with E-state index in [1.165, 1.54) is 17.6 Å². The van der Waals surface area contributed by atoms with Crippen molar-refractivity contribution in [2.45, 2.75) is 38.8 Å². The highest BCUT2D eigenvalue weighted by Crippen LogP contribution is 2.25. The molecule has 0 bridgehead atoms. The summed E-state index contributed by atoms with van der Waals surface area (Å²) in [6.45, 7) is 5.28. The maximum Gasteiger partial charge on any atom is 0.408 e. The minimum absolute atomic E-state index is 0.197. The lowest BCUT2D eigenvalue weighted by Gasteiger charge is -2.22. The number of thiazole rings is 1. The number of ether oxygens (including phenoxy) is 1. The second-order valence-corrected chi connectivity index (χ2v) is 7.99. The van der Waals surface area contributed by atoms with Crippen LogP contribution in [0.1, 0.15) is 26.5 Å². The van der Waals surface area contributed by atoms with Gasteiger partial charge < -0.3 is 19.8 Å². The van der Waals surface area contributed by atoms with Crippen LogP contribution in [0.25, 0.3) is 10.2 Å². The van der Waals surface area contributed by atoms with E-state index in [2.05, 4.69) is 15.6 Å². The molecule has 1 unspecified atom stereocenters. The first kappa shape index (κ1) is 18.9. The molecule has 0 radical (unpaired) electrons. The predicted octanol–water partition coefficient (Wildman–Crippen LogP) is 3.96. The summed E-state index contributed by atoms with van der Waals surface area (Å²) < 4.78 is 11.5. The molecule has 27 heavy (non-hydrogen) atoms. The van der Waals surface area contributed by atoms with Crippen molar-refractivity contribution in [3.63, 3.8) is 0 Å². The average Bonchev–Trinajstić information content (AvgIpc) is 3.20. The number of furan rings is 1. The Kier molecular flexibility index (Phi) is 5.46. The van der Waals surface area contributed by atoms with Gasteiger partial charge >= 0.3 is 6.09 Å². The first-order valence-electron chi connectivity index (χ1n) is 8.48. The zero-order chi connectivity index (χ0) is 19.4. The topological polar surface area (TPSA) is 93.5 Å². The summed E-state index contributed by atoms with van der Waals surface area (Å²) in [6, 6.07) is 10.2. The Labute approximate surface area is 160 Å². The van der Waals surface area contributed by atoms with Gasteiger partial charge in [-0.25, -0.2) is 9.78 Å². The minimum Gasteiger partial charge on any atom is -0.469 e. The van der Waals surface area contributed by atoms with E-state index in [-0.39, 0.29) is 6.42 Å². The molecule has 0 spiro atoms. The van der Waals surface area contributed by atoms with E-state index in [1.54, 1.807) is 32.9 Å². The Morgan fingerprint density at radius 2 is 2.00 bits per heavy atom. The van der Waals surface area contributed by atoms with Crippen molar-refractivity contribution in [3.05, 3.63) is 48.4 Å². The number of nitrogens with zero attached hydrogens (tertiary/aromatic N) is 1. The third kappa shape index (κ3) is 5.30. The Hall–Kier alpha value is -2.87. The number of nitrogens with one attached hydrogen (secondary N) is 2. The Balaban J connectivity index is 1.73. The first-order valence-corrected chi connectivity index (χ1v) is 9.30. The molecule has 3 aromatic rings. The highest BCUT2D eigenvalue weighted by molar-refractivity contribution is 7.22. The molecule has 3 rings (SSSR count). The molecule has 2 amide bonds. The van der Waals surface area contributed by atoms with Crippen molar-refractivity contribution in [1.29, 1.82) is 0 Å². The molecular formula is C19H21N3O4S. The molecule has 2 aromatic heterocycles. The van der Waals surface area contributed by atoms with Crippen LogP contribution >= 0.6 is 11.3 Å². The molecule has 0 aliphatic heterocycles. The van der Waals surface area contributed by atoms with Gasteiger partial charge in [0.2, 0.25) is 5.91 Å². The number of carbonyl (C=O) groups excluding carboxylic acids is 2. The molecule has 142 valence electrons. The lowest BCUT2D eigenvalue weighted by molar-refractivity contribution is -0.118. The number of aromatic nitrogens is 1. The summed E-state index contributed by atoms with van der Waals surface area (Å²) in [4.78, 5) is 29.3. The van der Waals surface area contributed by atoms with Gasteiger partial charge in [-0.2, -0.15) is 0 Å². The number of benzene rings is 1. The van der Waals surface area contributed by atoms with Gasteiger partial charge in [-0.3, -0.25) is 4.79 Å². The van der Waals surface area contributed by atoms with Crippen LogP contribution in [0.5, 0.6) is 0 Å². The second-order valence-electron chi connectivity index (χ2n) is 6.96.